The van der Waals surface area contributed by atoms with Crippen LogP contribution in [0.4, 0.5) is 38.9 Å². The van der Waals surface area contributed by atoms with Crippen molar-refractivity contribution < 1.29 is 36.7 Å². The Hall–Kier alpha value is -5.85. The molecule has 0 spiro atoms. The summed E-state index contributed by atoms with van der Waals surface area (Å²) in [6.07, 6.45) is 5.34. The molecule has 4 aromatic rings. The number of anilines is 6. The van der Waals surface area contributed by atoms with Crippen molar-refractivity contribution in [3.63, 3.8) is 0 Å². The van der Waals surface area contributed by atoms with Gasteiger partial charge >= 0.3 is 0 Å². The van der Waals surface area contributed by atoms with Crippen LogP contribution in [0, 0.1) is 18.7 Å². The second-order valence-electron chi connectivity index (χ2n) is 18.7. The van der Waals surface area contributed by atoms with Gasteiger partial charge in [-0.1, -0.05) is 23.7 Å². The molecule has 4 fully saturated rings. The number of nitrogens with zero attached hydrogens (tertiary/aromatic N) is 6. The summed E-state index contributed by atoms with van der Waals surface area (Å²) in [5.41, 5.74) is 3.45. The van der Waals surface area contributed by atoms with Crippen molar-refractivity contribution in [3.8, 4) is 5.75 Å². The van der Waals surface area contributed by atoms with Gasteiger partial charge in [0, 0.05) is 63.0 Å². The molecule has 1 aromatic heterocycles. The van der Waals surface area contributed by atoms with E-state index in [0.717, 1.165) is 67.5 Å². The monoisotopic (exact) mass is 955 g/mol. The number of carbonyl (C=O) groups excluding carboxylic acids is 4. The number of ether oxygens (including phenoxy) is 1. The number of rotatable bonds is 13. The van der Waals surface area contributed by atoms with Gasteiger partial charge in [0.2, 0.25) is 17.8 Å². The summed E-state index contributed by atoms with van der Waals surface area (Å²) < 4.78 is 48.4. The van der Waals surface area contributed by atoms with Gasteiger partial charge in [-0.05, 0) is 109 Å². The van der Waals surface area contributed by atoms with E-state index in [9.17, 15) is 27.6 Å². The normalized spacial score (nSPS) is 21.4. The number of amides is 4. The van der Waals surface area contributed by atoms with Gasteiger partial charge in [-0.3, -0.25) is 34.3 Å². The van der Waals surface area contributed by atoms with Crippen molar-refractivity contribution in [1.29, 1.82) is 0 Å². The Labute approximate surface area is 394 Å². The number of aromatic nitrogens is 2. The molecule has 0 radical (unpaired) electrons. The highest BCUT2D eigenvalue weighted by Gasteiger charge is 2.47. The number of sulfone groups is 1. The number of hydrogen-bond acceptors (Lipinski definition) is 14. The number of carbonyl (C=O) groups is 4. The lowest BCUT2D eigenvalue weighted by atomic mass is 9.94. The third-order valence-corrected chi connectivity index (χ3v) is 16.1. The zero-order valence-electron chi connectivity index (χ0n) is 38.1. The van der Waals surface area contributed by atoms with Gasteiger partial charge in [0.15, 0.2) is 15.7 Å². The lowest BCUT2D eigenvalue weighted by Crippen LogP contribution is -2.55. The number of halogens is 2. The first-order valence-corrected chi connectivity index (χ1v) is 24.9. The molecule has 2 bridgehead atoms. The number of imide groups is 2. The number of piperazine rings is 1. The van der Waals surface area contributed by atoms with Gasteiger partial charge < -0.3 is 25.2 Å². The van der Waals surface area contributed by atoms with Crippen LogP contribution >= 0.6 is 11.6 Å². The topological polar surface area (TPSA) is 186 Å². The molecule has 354 valence electrons. The molecule has 5 aliphatic heterocycles. The molecule has 3 unspecified atom stereocenters. The maximum absolute atomic E-state index is 15.8. The third-order valence-electron chi connectivity index (χ3n) is 13.6. The first-order valence-electron chi connectivity index (χ1n) is 23.0. The lowest BCUT2D eigenvalue weighted by Gasteiger charge is -2.45. The highest BCUT2D eigenvalue weighted by atomic mass is 35.5. The summed E-state index contributed by atoms with van der Waals surface area (Å²) in [6, 6.07) is 12.7. The molecule has 4 amide bonds. The molecule has 5 aliphatic rings. The van der Waals surface area contributed by atoms with Crippen LogP contribution in [0.2, 0.25) is 5.02 Å². The summed E-state index contributed by atoms with van der Waals surface area (Å²) in [7, 11) is -3.60. The zero-order valence-corrected chi connectivity index (χ0v) is 39.7. The van der Waals surface area contributed by atoms with Gasteiger partial charge in [-0.25, -0.2) is 17.8 Å². The van der Waals surface area contributed by atoms with E-state index in [4.69, 9.17) is 16.3 Å². The van der Waals surface area contributed by atoms with Gasteiger partial charge in [0.25, 0.3) is 11.8 Å². The fourth-order valence-electron chi connectivity index (χ4n) is 10.2. The van der Waals surface area contributed by atoms with Crippen molar-refractivity contribution in [3.05, 3.63) is 82.3 Å². The predicted octanol–water partition coefficient (Wildman–Crippen LogP) is 7.00. The molecule has 3 aromatic carbocycles. The molecule has 9 rings (SSSR count). The van der Waals surface area contributed by atoms with E-state index in [1.807, 2.05) is 24.8 Å². The number of aryl methyl sites for hydroxylation is 1. The summed E-state index contributed by atoms with van der Waals surface area (Å²) >= 11 is 6.53. The number of para-hydroxylation sites is 1. The number of fused-ring (bicyclic) bond motifs is 3. The van der Waals surface area contributed by atoms with Gasteiger partial charge in [0.05, 0.1) is 50.6 Å². The maximum Gasteiger partial charge on any atom is 0.262 e. The molecule has 3 atom stereocenters. The molecule has 67 heavy (non-hydrogen) atoms. The average Bonchev–Trinajstić information content (AvgIpc) is 3.65. The fourth-order valence-corrected chi connectivity index (χ4v) is 11.5. The highest BCUT2D eigenvalue weighted by Crippen LogP contribution is 2.41. The smallest absolute Gasteiger partial charge is 0.262 e. The van der Waals surface area contributed by atoms with Crippen LogP contribution in [0.15, 0.2) is 59.6 Å². The van der Waals surface area contributed by atoms with Crippen molar-refractivity contribution in [2.24, 2.45) is 5.92 Å². The average molecular weight is 957 g/mol. The number of hydrogen-bond donors (Lipinski definition) is 3. The Morgan fingerprint density at radius 3 is 2.22 bits per heavy atom. The second kappa shape index (κ2) is 18.3. The van der Waals surface area contributed by atoms with Crippen LogP contribution < -0.4 is 30.5 Å². The van der Waals surface area contributed by atoms with Crippen molar-refractivity contribution >= 4 is 79.6 Å². The number of piperidine rings is 2. The Morgan fingerprint density at radius 2 is 1.55 bits per heavy atom. The quantitative estimate of drug-likeness (QED) is 0.116. The van der Waals surface area contributed by atoms with Crippen molar-refractivity contribution in [1.82, 2.24) is 25.1 Å². The number of benzene rings is 3. The largest absolute Gasteiger partial charge is 0.489 e. The van der Waals surface area contributed by atoms with Crippen molar-refractivity contribution in [2.45, 2.75) is 108 Å². The Balaban J connectivity index is 0.841. The molecule has 19 heteroatoms. The van der Waals surface area contributed by atoms with Gasteiger partial charge in [0.1, 0.15) is 22.6 Å². The molecule has 16 nitrogen and oxygen atoms in total. The first-order chi connectivity index (χ1) is 32.0. The van der Waals surface area contributed by atoms with E-state index in [1.54, 1.807) is 38.1 Å². The minimum Gasteiger partial charge on any atom is -0.489 e. The molecular weight excluding hydrogens is 901 g/mol. The van der Waals surface area contributed by atoms with E-state index < -0.39 is 50.6 Å². The highest BCUT2D eigenvalue weighted by molar-refractivity contribution is 7.92. The van der Waals surface area contributed by atoms with E-state index in [2.05, 4.69) is 48.7 Å². The standard InChI is InChI=1S/C48H55ClFN9O7S/c1-26(2)66-41-21-39(28(5)18-37(41)53-48-51-22-34(49)44(55-48)52-36-8-6-7-9-42(36)67(64,65)27(3)4)56-16-14-29(15-17-56)23-58-30-10-11-31(58)25-57(24-30)40-20-33-32(19-35(40)50)46(62)59(47(33)63)38-12-13-43(60)54-45(38)61/h6-9,18-22,26-27,29-31,38H,10-17,23-25H2,1-5H3,(H,54,60,61)(H2,51,52,53,55). The Bertz CT molecular complexity index is 2750. The summed E-state index contributed by atoms with van der Waals surface area (Å²) in [4.78, 5) is 68.2. The molecule has 0 aliphatic carbocycles. The van der Waals surface area contributed by atoms with Crippen LogP contribution in [0.3, 0.4) is 0 Å². The van der Waals surface area contributed by atoms with Crippen LogP contribution in [0.1, 0.15) is 92.5 Å². The molecule has 0 saturated carbocycles. The lowest BCUT2D eigenvalue weighted by molar-refractivity contribution is -0.136. The Morgan fingerprint density at radius 1 is 0.866 bits per heavy atom. The fraction of sp³-hybridized carbons (Fsp3) is 0.458. The summed E-state index contributed by atoms with van der Waals surface area (Å²) in [5, 5.41) is 8.23. The van der Waals surface area contributed by atoms with Crippen LogP contribution in [-0.2, 0) is 19.4 Å². The number of nitrogens with one attached hydrogen (secondary N) is 3. The predicted molar refractivity (Wildman–Crippen MR) is 253 cm³/mol. The van der Waals surface area contributed by atoms with Gasteiger partial charge in [-0.2, -0.15) is 4.98 Å². The zero-order chi connectivity index (χ0) is 47.5. The molecule has 6 heterocycles. The summed E-state index contributed by atoms with van der Waals surface area (Å²) in [6.45, 7) is 13.1. The van der Waals surface area contributed by atoms with E-state index >= 15 is 4.39 Å². The summed E-state index contributed by atoms with van der Waals surface area (Å²) in [5.74, 6) is -1.50. The molecular formula is C48H55ClFN9O7S. The van der Waals surface area contributed by atoms with Crippen molar-refractivity contribution in [2.75, 3.05) is 53.2 Å². The van der Waals surface area contributed by atoms with Crippen LogP contribution in [-0.4, -0.2) is 114 Å². The minimum absolute atomic E-state index is 0.0103. The van der Waals surface area contributed by atoms with Crippen LogP contribution in [0.25, 0.3) is 0 Å². The van der Waals surface area contributed by atoms with E-state index in [1.165, 1.54) is 12.3 Å². The maximum atomic E-state index is 15.8. The third kappa shape index (κ3) is 9.02. The minimum atomic E-state index is -3.60. The second-order valence-corrected chi connectivity index (χ2v) is 21.6. The van der Waals surface area contributed by atoms with Gasteiger partial charge in [-0.15, -0.1) is 0 Å². The van der Waals surface area contributed by atoms with E-state index in [-0.39, 0.29) is 69.5 Å². The van der Waals surface area contributed by atoms with Crippen LogP contribution in [0.5, 0.6) is 5.75 Å². The van der Waals surface area contributed by atoms with E-state index in [0.29, 0.717) is 36.1 Å². The molecule has 4 saturated heterocycles. The molecule has 3 N–H and O–H groups in total. The first kappa shape index (κ1) is 46.3. The SMILES string of the molecule is Cc1cc(Nc2ncc(Cl)c(Nc3ccccc3S(=O)(=O)C(C)C)n2)c(OC(C)C)cc1N1CCC(CN2C3CCC2CN(c2cc4c(cc2F)C(=O)N(C2CCC(=O)NC2=O)C4=O)C3)CC1. The Kier molecular flexibility index (Phi) is 12.7.